The summed E-state index contributed by atoms with van der Waals surface area (Å²) in [6, 6.07) is 1.96. The van der Waals surface area contributed by atoms with Crippen molar-refractivity contribution in [1.29, 1.82) is 0 Å². The fourth-order valence-corrected chi connectivity index (χ4v) is 3.14. The zero-order valence-electron chi connectivity index (χ0n) is 11.8. The van der Waals surface area contributed by atoms with Crippen LogP contribution in [0.2, 0.25) is 0 Å². The molecule has 6 nitrogen and oxygen atoms in total. The van der Waals surface area contributed by atoms with Gasteiger partial charge in [-0.3, -0.25) is 9.69 Å². The van der Waals surface area contributed by atoms with E-state index in [4.69, 9.17) is 9.26 Å². The Hall–Kier alpha value is -1.73. The van der Waals surface area contributed by atoms with Crippen LogP contribution in [-0.2, 0) is 16.1 Å². The Balaban J connectivity index is 1.55. The van der Waals surface area contributed by atoms with E-state index >= 15 is 0 Å². The summed E-state index contributed by atoms with van der Waals surface area (Å²) in [5.74, 6) is 1.18. The number of nitrogens with zero attached hydrogens (tertiary/aromatic N) is 3. The molecule has 1 aliphatic rings. The molecule has 2 aromatic heterocycles. The van der Waals surface area contributed by atoms with Crippen LogP contribution in [-0.4, -0.2) is 41.2 Å². The van der Waals surface area contributed by atoms with Gasteiger partial charge in [-0.25, -0.2) is 0 Å². The molecule has 0 radical (unpaired) electrons. The molecule has 3 rings (SSSR count). The fourth-order valence-electron chi connectivity index (χ4n) is 2.52. The highest BCUT2D eigenvalue weighted by molar-refractivity contribution is 7.08. The highest BCUT2D eigenvalue weighted by Crippen LogP contribution is 2.22. The van der Waals surface area contributed by atoms with Crippen LogP contribution in [0.4, 0.5) is 0 Å². The third-order valence-electron chi connectivity index (χ3n) is 3.72. The van der Waals surface area contributed by atoms with Crippen molar-refractivity contribution in [2.45, 2.75) is 19.4 Å². The van der Waals surface area contributed by atoms with Crippen molar-refractivity contribution in [3.05, 3.63) is 22.7 Å². The maximum Gasteiger partial charge on any atom is 0.308 e. The number of esters is 1. The first-order chi connectivity index (χ1) is 10.3. The Morgan fingerprint density at radius 2 is 2.33 bits per heavy atom. The van der Waals surface area contributed by atoms with Gasteiger partial charge in [0.2, 0.25) is 0 Å². The van der Waals surface area contributed by atoms with Crippen LogP contribution in [0.1, 0.15) is 18.7 Å². The summed E-state index contributed by atoms with van der Waals surface area (Å²) >= 11 is 1.60. The van der Waals surface area contributed by atoms with Crippen LogP contribution in [0, 0.1) is 5.92 Å². The average molecular weight is 307 g/mol. The number of ether oxygens (including phenoxy) is 1. The van der Waals surface area contributed by atoms with Crippen LogP contribution < -0.4 is 0 Å². The van der Waals surface area contributed by atoms with Crippen LogP contribution in [0.3, 0.4) is 0 Å². The molecule has 0 aliphatic carbocycles. The number of likely N-dealkylation sites (tertiary alicyclic amines) is 1. The zero-order chi connectivity index (χ0) is 14.7. The highest BCUT2D eigenvalue weighted by Gasteiger charge is 2.26. The predicted molar refractivity (Wildman–Crippen MR) is 77.6 cm³/mol. The Kier molecular flexibility index (Phi) is 4.31. The highest BCUT2D eigenvalue weighted by atomic mass is 32.1. The largest absolute Gasteiger partial charge is 0.469 e. The molecule has 21 heavy (non-hydrogen) atoms. The molecule has 1 fully saturated rings. The predicted octanol–water partition coefficient (Wildman–Crippen LogP) is 2.18. The van der Waals surface area contributed by atoms with E-state index < -0.39 is 0 Å². The van der Waals surface area contributed by atoms with Crippen molar-refractivity contribution in [2.75, 3.05) is 20.2 Å². The van der Waals surface area contributed by atoms with E-state index in [1.165, 1.54) is 7.11 Å². The molecule has 1 saturated heterocycles. The molecule has 0 aromatic carbocycles. The lowest BCUT2D eigenvalue weighted by atomic mass is 9.97. The van der Waals surface area contributed by atoms with Gasteiger partial charge in [0.25, 0.3) is 5.89 Å². The maximum atomic E-state index is 11.5. The van der Waals surface area contributed by atoms with Gasteiger partial charge in [-0.1, -0.05) is 5.16 Å². The van der Waals surface area contributed by atoms with Gasteiger partial charge in [-0.05, 0) is 37.4 Å². The van der Waals surface area contributed by atoms with Crippen LogP contribution >= 0.6 is 11.3 Å². The third-order valence-corrected chi connectivity index (χ3v) is 4.41. The number of thiophene rings is 1. The number of hydrogen-bond donors (Lipinski definition) is 0. The van der Waals surface area contributed by atoms with E-state index in [0.717, 1.165) is 31.5 Å². The van der Waals surface area contributed by atoms with Crippen molar-refractivity contribution in [1.82, 2.24) is 15.0 Å². The molecular formula is C14H17N3O3S. The van der Waals surface area contributed by atoms with Gasteiger partial charge in [-0.2, -0.15) is 16.3 Å². The molecule has 0 saturated carbocycles. The molecule has 7 heteroatoms. The van der Waals surface area contributed by atoms with E-state index in [2.05, 4.69) is 15.0 Å². The Labute approximate surface area is 126 Å². The summed E-state index contributed by atoms with van der Waals surface area (Å²) in [5, 5.41) is 7.99. The minimum atomic E-state index is -0.103. The number of aromatic nitrogens is 2. The van der Waals surface area contributed by atoms with E-state index in [1.54, 1.807) is 11.3 Å². The molecule has 1 aliphatic heterocycles. The number of carbonyl (C=O) groups excluding carboxylic acids is 1. The second-order valence-corrected chi connectivity index (χ2v) is 5.88. The second kappa shape index (κ2) is 6.36. The lowest BCUT2D eigenvalue weighted by molar-refractivity contribution is -0.147. The van der Waals surface area contributed by atoms with Gasteiger partial charge in [0.05, 0.1) is 25.1 Å². The summed E-state index contributed by atoms with van der Waals surface area (Å²) in [6.45, 7) is 2.35. The summed E-state index contributed by atoms with van der Waals surface area (Å²) < 4.78 is 10.1. The standard InChI is InChI=1S/C14H17N3O3S/c1-19-14(18)10-2-5-17(6-3-10)8-12-15-13(20-16-12)11-4-7-21-9-11/h4,7,9-10H,2-3,5-6,8H2,1H3. The molecule has 0 spiro atoms. The molecule has 3 heterocycles. The van der Waals surface area contributed by atoms with Crippen LogP contribution in [0.5, 0.6) is 0 Å². The van der Waals surface area contributed by atoms with Crippen molar-refractivity contribution in [2.24, 2.45) is 5.92 Å². The monoisotopic (exact) mass is 307 g/mol. The van der Waals surface area contributed by atoms with Crippen molar-refractivity contribution >= 4 is 17.3 Å². The number of piperidine rings is 1. The summed E-state index contributed by atoms with van der Waals surface area (Å²) in [5.41, 5.74) is 0.961. The maximum absolute atomic E-state index is 11.5. The molecule has 0 bridgehead atoms. The first-order valence-electron chi connectivity index (χ1n) is 6.91. The minimum absolute atomic E-state index is 0.0258. The summed E-state index contributed by atoms with van der Waals surface area (Å²) in [6.07, 6.45) is 1.64. The lowest BCUT2D eigenvalue weighted by Gasteiger charge is -2.29. The first-order valence-corrected chi connectivity index (χ1v) is 7.86. The smallest absolute Gasteiger partial charge is 0.308 e. The van der Waals surface area contributed by atoms with E-state index in [0.29, 0.717) is 18.3 Å². The van der Waals surface area contributed by atoms with Crippen molar-refractivity contribution in [3.63, 3.8) is 0 Å². The lowest BCUT2D eigenvalue weighted by Crippen LogP contribution is -2.36. The Morgan fingerprint density at radius 3 is 3.00 bits per heavy atom. The summed E-state index contributed by atoms with van der Waals surface area (Å²) in [7, 11) is 1.44. The Bertz CT molecular complexity index is 588. The van der Waals surface area contributed by atoms with Gasteiger partial charge < -0.3 is 9.26 Å². The molecule has 0 amide bonds. The Morgan fingerprint density at radius 1 is 1.52 bits per heavy atom. The quantitative estimate of drug-likeness (QED) is 0.807. The molecule has 0 N–H and O–H groups in total. The first kappa shape index (κ1) is 14.2. The SMILES string of the molecule is COC(=O)C1CCN(Cc2noc(-c3ccsc3)n2)CC1. The number of carbonyl (C=O) groups is 1. The molecule has 2 aromatic rings. The van der Waals surface area contributed by atoms with Crippen molar-refractivity contribution < 1.29 is 14.1 Å². The number of methoxy groups -OCH3 is 1. The number of rotatable bonds is 4. The topological polar surface area (TPSA) is 68.5 Å². The van der Waals surface area contributed by atoms with Crippen LogP contribution in [0.15, 0.2) is 21.3 Å². The van der Waals surface area contributed by atoms with Gasteiger partial charge in [0.15, 0.2) is 5.82 Å². The van der Waals surface area contributed by atoms with Gasteiger partial charge in [-0.15, -0.1) is 0 Å². The van der Waals surface area contributed by atoms with Gasteiger partial charge in [0.1, 0.15) is 0 Å². The number of hydrogen-bond acceptors (Lipinski definition) is 7. The van der Waals surface area contributed by atoms with E-state index in [1.807, 2.05) is 16.8 Å². The summed E-state index contributed by atoms with van der Waals surface area (Å²) in [4.78, 5) is 18.1. The molecule has 0 atom stereocenters. The van der Waals surface area contributed by atoms with Crippen LogP contribution in [0.25, 0.3) is 11.5 Å². The molecule has 112 valence electrons. The zero-order valence-corrected chi connectivity index (χ0v) is 12.6. The van der Waals surface area contributed by atoms with Crippen molar-refractivity contribution in [3.8, 4) is 11.5 Å². The van der Waals surface area contributed by atoms with E-state index in [-0.39, 0.29) is 11.9 Å². The normalized spacial score (nSPS) is 17.0. The van der Waals surface area contributed by atoms with E-state index in [9.17, 15) is 4.79 Å². The fraction of sp³-hybridized carbons (Fsp3) is 0.500. The minimum Gasteiger partial charge on any atom is -0.469 e. The molecule has 0 unspecified atom stereocenters. The third kappa shape index (κ3) is 3.30. The average Bonchev–Trinajstić information content (AvgIpc) is 3.18. The van der Waals surface area contributed by atoms with Gasteiger partial charge >= 0.3 is 5.97 Å². The second-order valence-electron chi connectivity index (χ2n) is 5.10. The van der Waals surface area contributed by atoms with Gasteiger partial charge in [0, 0.05) is 5.38 Å². The molecular weight excluding hydrogens is 290 g/mol.